The van der Waals surface area contributed by atoms with Crippen LogP contribution in [0.15, 0.2) is 45.8 Å². The summed E-state index contributed by atoms with van der Waals surface area (Å²) in [7, 11) is 0. The monoisotopic (exact) mass is 378 g/mol. The molecule has 8 heteroatoms. The van der Waals surface area contributed by atoms with Crippen molar-refractivity contribution < 1.29 is 24.0 Å². The first-order valence-electron chi connectivity index (χ1n) is 8.30. The van der Waals surface area contributed by atoms with E-state index in [1.54, 1.807) is 0 Å². The Kier molecular flexibility index (Phi) is 5.80. The lowest BCUT2D eigenvalue weighted by molar-refractivity contribution is -0.915. The third-order valence-electron chi connectivity index (χ3n) is 4.27. The van der Waals surface area contributed by atoms with E-state index >= 15 is 0 Å². The first-order valence-corrected chi connectivity index (χ1v) is 8.67. The number of halogens is 1. The number of ether oxygens (including phenoxy) is 1. The lowest BCUT2D eigenvalue weighted by atomic mass is 10.2. The maximum Gasteiger partial charge on any atom is 0.227 e. The molecule has 0 aliphatic carbocycles. The molecule has 0 atom stereocenters. The highest BCUT2D eigenvalue weighted by Crippen LogP contribution is 2.19. The molecular weight excluding hydrogens is 360 g/mol. The molecule has 2 aromatic rings. The Bertz CT molecular complexity index is 830. The van der Waals surface area contributed by atoms with E-state index in [9.17, 15) is 14.7 Å². The van der Waals surface area contributed by atoms with Gasteiger partial charge in [-0.1, -0.05) is 17.7 Å². The van der Waals surface area contributed by atoms with Gasteiger partial charge < -0.3 is 28.9 Å². The SMILES string of the molecule is O=C([O-])COc1coc(C[NH+]2CCN(c3cccc(Cl)c3)CC2)cc1=O. The number of hydrogen-bond acceptors (Lipinski definition) is 6. The Labute approximate surface area is 155 Å². The van der Waals surface area contributed by atoms with Crippen LogP contribution in [-0.2, 0) is 11.3 Å². The van der Waals surface area contributed by atoms with Crippen molar-refractivity contribution in [3.63, 3.8) is 0 Å². The van der Waals surface area contributed by atoms with Gasteiger partial charge >= 0.3 is 0 Å². The minimum Gasteiger partial charge on any atom is -0.546 e. The highest BCUT2D eigenvalue weighted by atomic mass is 35.5. The Morgan fingerprint density at radius 2 is 2.08 bits per heavy atom. The number of carbonyl (C=O) groups excluding carboxylic acids is 1. The molecule has 1 aromatic heterocycles. The van der Waals surface area contributed by atoms with Crippen LogP contribution in [-0.4, -0.2) is 38.8 Å². The fourth-order valence-electron chi connectivity index (χ4n) is 2.95. The van der Waals surface area contributed by atoms with Crippen molar-refractivity contribution in [2.75, 3.05) is 37.7 Å². The van der Waals surface area contributed by atoms with Crippen molar-refractivity contribution in [1.29, 1.82) is 0 Å². The lowest BCUT2D eigenvalue weighted by Gasteiger charge is -2.33. The topological polar surface area (TPSA) is 87.2 Å². The quantitative estimate of drug-likeness (QED) is 0.717. The summed E-state index contributed by atoms with van der Waals surface area (Å²) in [6.07, 6.45) is 1.16. The number of carbonyl (C=O) groups is 1. The van der Waals surface area contributed by atoms with Gasteiger partial charge in [-0.3, -0.25) is 4.79 Å². The largest absolute Gasteiger partial charge is 0.546 e. The minimum absolute atomic E-state index is 0.126. The summed E-state index contributed by atoms with van der Waals surface area (Å²) in [5.74, 6) is -0.976. The molecule has 3 rings (SSSR count). The molecule has 0 radical (unpaired) electrons. The number of anilines is 1. The Morgan fingerprint density at radius 1 is 1.31 bits per heavy atom. The van der Waals surface area contributed by atoms with Crippen molar-refractivity contribution in [3.05, 3.63) is 57.6 Å². The normalized spacial score (nSPS) is 15.0. The van der Waals surface area contributed by atoms with Gasteiger partial charge in [0.25, 0.3) is 0 Å². The van der Waals surface area contributed by atoms with Gasteiger partial charge in [-0.25, -0.2) is 0 Å². The molecule has 7 nitrogen and oxygen atoms in total. The van der Waals surface area contributed by atoms with Crippen LogP contribution >= 0.6 is 11.6 Å². The second kappa shape index (κ2) is 8.25. The van der Waals surface area contributed by atoms with Crippen LogP contribution in [0.3, 0.4) is 0 Å². The van der Waals surface area contributed by atoms with Gasteiger partial charge in [-0.2, -0.15) is 0 Å². The van der Waals surface area contributed by atoms with Crippen LogP contribution in [0.4, 0.5) is 5.69 Å². The zero-order chi connectivity index (χ0) is 18.5. The van der Waals surface area contributed by atoms with E-state index in [2.05, 4.69) is 4.90 Å². The fourth-order valence-corrected chi connectivity index (χ4v) is 3.13. The molecule has 1 saturated heterocycles. The number of hydrogen-bond donors (Lipinski definition) is 1. The van der Waals surface area contributed by atoms with Crippen molar-refractivity contribution in [1.82, 2.24) is 0 Å². The number of nitrogens with one attached hydrogen (secondary N) is 1. The van der Waals surface area contributed by atoms with Crippen molar-refractivity contribution in [2.45, 2.75) is 6.54 Å². The first kappa shape index (κ1) is 18.3. The van der Waals surface area contributed by atoms with Crippen LogP contribution in [0.1, 0.15) is 5.76 Å². The molecule has 138 valence electrons. The third kappa shape index (κ3) is 4.77. The minimum atomic E-state index is -1.39. The molecule has 0 spiro atoms. The zero-order valence-electron chi connectivity index (χ0n) is 14.1. The average Bonchev–Trinajstić information content (AvgIpc) is 2.61. The first-order chi connectivity index (χ1) is 12.5. The van der Waals surface area contributed by atoms with E-state index in [0.29, 0.717) is 12.3 Å². The zero-order valence-corrected chi connectivity index (χ0v) is 14.8. The van der Waals surface area contributed by atoms with Crippen LogP contribution in [0.25, 0.3) is 0 Å². The maximum atomic E-state index is 11.9. The standard InChI is InChI=1S/C18H19ClN2O5/c19-13-2-1-3-14(8-13)21-6-4-20(5-7-21)10-15-9-16(22)17(11-25-15)26-12-18(23)24/h1-3,8-9,11H,4-7,10,12H2,(H,23,24). The van der Waals surface area contributed by atoms with Crippen LogP contribution in [0, 0.1) is 0 Å². The number of carboxylic acid groups (broad SMARTS) is 1. The molecular formula is C18H19ClN2O5. The van der Waals surface area contributed by atoms with E-state index in [0.717, 1.165) is 43.2 Å². The summed E-state index contributed by atoms with van der Waals surface area (Å²) >= 11 is 6.05. The molecule has 0 amide bonds. The van der Waals surface area contributed by atoms with Crippen molar-refractivity contribution >= 4 is 23.3 Å². The molecule has 1 aliphatic heterocycles. The molecule has 2 heterocycles. The van der Waals surface area contributed by atoms with Gasteiger partial charge in [-0.15, -0.1) is 0 Å². The summed E-state index contributed by atoms with van der Waals surface area (Å²) in [4.78, 5) is 25.9. The number of quaternary nitrogens is 1. The van der Waals surface area contributed by atoms with E-state index in [-0.39, 0.29) is 5.75 Å². The number of aliphatic carboxylic acids is 1. The lowest BCUT2D eigenvalue weighted by Crippen LogP contribution is -3.13. The van der Waals surface area contributed by atoms with E-state index < -0.39 is 18.0 Å². The molecule has 1 aromatic carbocycles. The Balaban J connectivity index is 1.55. The molecule has 1 aliphatic rings. The third-order valence-corrected chi connectivity index (χ3v) is 4.50. The van der Waals surface area contributed by atoms with Crippen LogP contribution in [0.2, 0.25) is 5.02 Å². The predicted octanol–water partition coefficient (Wildman–Crippen LogP) is -0.673. The average molecular weight is 379 g/mol. The fraction of sp³-hybridized carbons (Fsp3) is 0.333. The summed E-state index contributed by atoms with van der Waals surface area (Å²) in [5.41, 5.74) is 0.710. The van der Waals surface area contributed by atoms with Gasteiger partial charge in [0, 0.05) is 16.8 Å². The van der Waals surface area contributed by atoms with E-state index in [1.807, 2.05) is 24.3 Å². The van der Waals surface area contributed by atoms with Crippen LogP contribution in [0.5, 0.6) is 5.75 Å². The smallest absolute Gasteiger partial charge is 0.227 e. The summed E-state index contributed by atoms with van der Waals surface area (Å²) in [5, 5.41) is 11.1. The van der Waals surface area contributed by atoms with Gasteiger partial charge in [0.15, 0.2) is 5.76 Å². The molecule has 0 saturated carbocycles. The van der Waals surface area contributed by atoms with E-state index in [1.165, 1.54) is 11.0 Å². The highest BCUT2D eigenvalue weighted by molar-refractivity contribution is 6.30. The number of nitrogens with zero attached hydrogens (tertiary/aromatic N) is 1. The number of piperazine rings is 1. The number of benzene rings is 1. The second-order valence-corrected chi connectivity index (χ2v) is 6.57. The molecule has 26 heavy (non-hydrogen) atoms. The summed E-state index contributed by atoms with van der Waals surface area (Å²) in [6, 6.07) is 9.14. The highest BCUT2D eigenvalue weighted by Gasteiger charge is 2.21. The Morgan fingerprint density at radius 3 is 2.73 bits per heavy atom. The van der Waals surface area contributed by atoms with Gasteiger partial charge in [-0.05, 0) is 18.2 Å². The molecule has 1 N–H and O–H groups in total. The maximum absolute atomic E-state index is 11.9. The summed E-state index contributed by atoms with van der Waals surface area (Å²) < 4.78 is 10.2. The van der Waals surface area contributed by atoms with Gasteiger partial charge in [0.1, 0.15) is 19.4 Å². The predicted molar refractivity (Wildman–Crippen MR) is 93.5 cm³/mol. The molecule has 0 bridgehead atoms. The van der Waals surface area contributed by atoms with Gasteiger partial charge in [0.2, 0.25) is 11.2 Å². The van der Waals surface area contributed by atoms with Crippen molar-refractivity contribution in [2.24, 2.45) is 0 Å². The Hall–Kier alpha value is -2.51. The second-order valence-electron chi connectivity index (χ2n) is 6.13. The molecule has 1 fully saturated rings. The van der Waals surface area contributed by atoms with Crippen LogP contribution < -0.4 is 25.1 Å². The van der Waals surface area contributed by atoms with E-state index in [4.69, 9.17) is 20.8 Å². The summed E-state index contributed by atoms with van der Waals surface area (Å²) in [6.45, 7) is 3.47. The number of rotatable bonds is 6. The number of carboxylic acids is 1. The van der Waals surface area contributed by atoms with Crippen molar-refractivity contribution in [3.8, 4) is 5.75 Å². The molecule has 0 unspecified atom stereocenters. The van der Waals surface area contributed by atoms with Gasteiger partial charge in [0.05, 0.1) is 32.1 Å².